The predicted octanol–water partition coefficient (Wildman–Crippen LogP) is 2.33. The molecule has 1 aromatic rings. The van der Waals surface area contributed by atoms with Crippen molar-refractivity contribution in [3.05, 3.63) is 34.6 Å². The molecule has 2 nitrogen and oxygen atoms in total. The zero-order chi connectivity index (χ0) is 11.8. The fourth-order valence-electron chi connectivity index (χ4n) is 1.79. The summed E-state index contributed by atoms with van der Waals surface area (Å²) in [5.41, 5.74) is 5.76. The molecule has 0 aliphatic heterocycles. The molecule has 86 valence electrons. The number of rotatable bonds is 4. The SMILES string of the molecule is NCC1(C(=O)Cc2cccc(F)c2Cl)CC1. The van der Waals surface area contributed by atoms with Gasteiger partial charge in [0.15, 0.2) is 0 Å². The monoisotopic (exact) mass is 241 g/mol. The lowest BCUT2D eigenvalue weighted by atomic mass is 9.95. The van der Waals surface area contributed by atoms with E-state index in [-0.39, 0.29) is 22.6 Å². The lowest BCUT2D eigenvalue weighted by Gasteiger charge is -2.11. The topological polar surface area (TPSA) is 43.1 Å². The van der Waals surface area contributed by atoms with Crippen LogP contribution in [-0.2, 0) is 11.2 Å². The summed E-state index contributed by atoms with van der Waals surface area (Å²) in [4.78, 5) is 11.9. The molecule has 0 atom stereocenters. The van der Waals surface area contributed by atoms with E-state index in [1.54, 1.807) is 12.1 Å². The highest BCUT2D eigenvalue weighted by atomic mass is 35.5. The van der Waals surface area contributed by atoms with Crippen LogP contribution in [0.4, 0.5) is 4.39 Å². The van der Waals surface area contributed by atoms with Gasteiger partial charge < -0.3 is 5.73 Å². The van der Waals surface area contributed by atoms with Gasteiger partial charge in [-0.05, 0) is 24.5 Å². The van der Waals surface area contributed by atoms with Crippen molar-refractivity contribution >= 4 is 17.4 Å². The zero-order valence-corrected chi connectivity index (χ0v) is 9.56. The first-order valence-corrected chi connectivity index (χ1v) is 5.63. The Balaban J connectivity index is 2.15. The summed E-state index contributed by atoms with van der Waals surface area (Å²) in [6.07, 6.45) is 1.86. The van der Waals surface area contributed by atoms with E-state index >= 15 is 0 Å². The van der Waals surface area contributed by atoms with Crippen LogP contribution in [0.25, 0.3) is 0 Å². The fraction of sp³-hybridized carbons (Fsp3) is 0.417. The Morgan fingerprint density at radius 1 is 1.50 bits per heavy atom. The summed E-state index contributed by atoms with van der Waals surface area (Å²) in [5, 5.41) is 0.0451. The minimum Gasteiger partial charge on any atom is -0.329 e. The molecule has 0 spiro atoms. The maximum Gasteiger partial charge on any atom is 0.144 e. The molecule has 0 radical (unpaired) electrons. The Morgan fingerprint density at radius 2 is 2.19 bits per heavy atom. The van der Waals surface area contributed by atoms with E-state index in [0.29, 0.717) is 12.1 Å². The van der Waals surface area contributed by atoms with Gasteiger partial charge in [0, 0.05) is 18.4 Å². The van der Waals surface area contributed by atoms with Crippen LogP contribution in [0.3, 0.4) is 0 Å². The summed E-state index contributed by atoms with van der Waals surface area (Å²) < 4.78 is 13.2. The standard InChI is InChI=1S/C12H13ClFNO/c13-11-8(2-1-3-9(11)14)6-10(16)12(7-15)4-5-12/h1-3H,4-7,15H2. The summed E-state index contributed by atoms with van der Waals surface area (Å²) in [6, 6.07) is 4.52. The van der Waals surface area contributed by atoms with Crippen LogP contribution in [0.2, 0.25) is 5.02 Å². The van der Waals surface area contributed by atoms with Gasteiger partial charge in [0.05, 0.1) is 5.02 Å². The van der Waals surface area contributed by atoms with Crippen molar-refractivity contribution < 1.29 is 9.18 Å². The lowest BCUT2D eigenvalue weighted by molar-refractivity contribution is -0.123. The lowest BCUT2D eigenvalue weighted by Crippen LogP contribution is -2.26. The van der Waals surface area contributed by atoms with E-state index in [0.717, 1.165) is 12.8 Å². The Labute approximate surface area is 98.6 Å². The highest BCUT2D eigenvalue weighted by molar-refractivity contribution is 6.31. The molecule has 16 heavy (non-hydrogen) atoms. The van der Waals surface area contributed by atoms with Gasteiger partial charge in [-0.15, -0.1) is 0 Å². The van der Waals surface area contributed by atoms with Gasteiger partial charge in [0.2, 0.25) is 0 Å². The molecular formula is C12H13ClFNO. The van der Waals surface area contributed by atoms with Crippen molar-refractivity contribution in [1.29, 1.82) is 0 Å². The van der Waals surface area contributed by atoms with Crippen molar-refractivity contribution in [3.63, 3.8) is 0 Å². The number of benzene rings is 1. The number of ketones is 1. The minimum absolute atomic E-state index is 0.0451. The largest absolute Gasteiger partial charge is 0.329 e. The molecule has 1 aliphatic rings. The minimum atomic E-state index is -0.482. The van der Waals surface area contributed by atoms with Gasteiger partial charge in [0.25, 0.3) is 0 Å². The van der Waals surface area contributed by atoms with E-state index in [2.05, 4.69) is 0 Å². The number of hydrogen-bond donors (Lipinski definition) is 1. The van der Waals surface area contributed by atoms with E-state index in [1.807, 2.05) is 0 Å². The maximum atomic E-state index is 13.2. The zero-order valence-electron chi connectivity index (χ0n) is 8.80. The summed E-state index contributed by atoms with van der Waals surface area (Å²) >= 11 is 5.79. The molecule has 0 unspecified atom stereocenters. The Hall–Kier alpha value is -0.930. The van der Waals surface area contributed by atoms with Crippen molar-refractivity contribution in [2.24, 2.45) is 11.1 Å². The number of halogens is 2. The maximum absolute atomic E-state index is 13.2. The van der Waals surface area contributed by atoms with E-state index in [1.165, 1.54) is 6.07 Å². The fourth-order valence-corrected chi connectivity index (χ4v) is 1.99. The second kappa shape index (κ2) is 4.15. The predicted molar refractivity (Wildman–Crippen MR) is 60.8 cm³/mol. The summed E-state index contributed by atoms with van der Waals surface area (Å²) in [7, 11) is 0. The molecule has 0 saturated heterocycles. The smallest absolute Gasteiger partial charge is 0.144 e. The molecule has 1 aromatic carbocycles. The summed E-state index contributed by atoms with van der Waals surface area (Å²) in [6.45, 7) is 0.374. The van der Waals surface area contributed by atoms with Crippen LogP contribution in [0.1, 0.15) is 18.4 Å². The van der Waals surface area contributed by atoms with E-state index < -0.39 is 5.82 Å². The third-order valence-electron chi connectivity index (χ3n) is 3.22. The van der Waals surface area contributed by atoms with Gasteiger partial charge in [-0.2, -0.15) is 0 Å². The van der Waals surface area contributed by atoms with Gasteiger partial charge in [-0.25, -0.2) is 4.39 Å². The first kappa shape index (κ1) is 11.6. The normalized spacial score (nSPS) is 17.2. The van der Waals surface area contributed by atoms with Gasteiger partial charge in [-0.3, -0.25) is 4.79 Å². The van der Waals surface area contributed by atoms with E-state index in [9.17, 15) is 9.18 Å². The highest BCUT2D eigenvalue weighted by Crippen LogP contribution is 2.46. The third kappa shape index (κ3) is 1.97. The summed E-state index contributed by atoms with van der Waals surface area (Å²) in [5.74, 6) is -0.410. The van der Waals surface area contributed by atoms with Crippen LogP contribution < -0.4 is 5.73 Å². The van der Waals surface area contributed by atoms with E-state index in [4.69, 9.17) is 17.3 Å². The first-order chi connectivity index (χ1) is 7.59. The molecule has 2 rings (SSSR count). The van der Waals surface area contributed by atoms with Crippen LogP contribution >= 0.6 is 11.6 Å². The van der Waals surface area contributed by atoms with Crippen LogP contribution in [-0.4, -0.2) is 12.3 Å². The molecule has 1 fully saturated rings. The Kier molecular flexibility index (Phi) is 3.00. The van der Waals surface area contributed by atoms with Crippen molar-refractivity contribution in [3.8, 4) is 0 Å². The average Bonchev–Trinajstić information content (AvgIpc) is 3.05. The molecule has 1 aliphatic carbocycles. The van der Waals surface area contributed by atoms with Crippen LogP contribution in [0, 0.1) is 11.2 Å². The molecule has 0 heterocycles. The number of carbonyl (C=O) groups excluding carboxylic acids is 1. The molecule has 0 bridgehead atoms. The Bertz CT molecular complexity index is 429. The molecule has 1 saturated carbocycles. The molecule has 0 aromatic heterocycles. The number of nitrogens with two attached hydrogens (primary N) is 1. The van der Waals surface area contributed by atoms with Crippen molar-refractivity contribution in [1.82, 2.24) is 0 Å². The van der Waals surface area contributed by atoms with Crippen molar-refractivity contribution in [2.75, 3.05) is 6.54 Å². The second-order valence-electron chi connectivity index (χ2n) is 4.30. The van der Waals surface area contributed by atoms with Gasteiger partial charge in [0.1, 0.15) is 11.6 Å². The van der Waals surface area contributed by atoms with Crippen LogP contribution in [0.5, 0.6) is 0 Å². The third-order valence-corrected chi connectivity index (χ3v) is 3.64. The quantitative estimate of drug-likeness (QED) is 0.879. The number of carbonyl (C=O) groups is 1. The molecular weight excluding hydrogens is 229 g/mol. The van der Waals surface area contributed by atoms with Gasteiger partial charge in [-0.1, -0.05) is 23.7 Å². The van der Waals surface area contributed by atoms with Gasteiger partial charge >= 0.3 is 0 Å². The second-order valence-corrected chi connectivity index (χ2v) is 4.68. The molecule has 0 amide bonds. The number of Topliss-reactive ketones (excluding diaryl/α,β-unsaturated/α-hetero) is 1. The highest BCUT2D eigenvalue weighted by Gasteiger charge is 2.47. The Morgan fingerprint density at radius 3 is 2.75 bits per heavy atom. The van der Waals surface area contributed by atoms with Crippen LogP contribution in [0.15, 0.2) is 18.2 Å². The number of hydrogen-bond acceptors (Lipinski definition) is 2. The first-order valence-electron chi connectivity index (χ1n) is 5.25. The molecule has 4 heteroatoms. The van der Waals surface area contributed by atoms with Crippen molar-refractivity contribution in [2.45, 2.75) is 19.3 Å². The average molecular weight is 242 g/mol. The molecule has 2 N–H and O–H groups in total.